The lowest BCUT2D eigenvalue weighted by Gasteiger charge is -2.27. The second-order valence-electron chi connectivity index (χ2n) is 9.52. The van der Waals surface area contributed by atoms with Crippen LogP contribution in [0, 0.1) is 20.8 Å². The number of aromatic hydroxyl groups is 1. The highest BCUT2D eigenvalue weighted by molar-refractivity contribution is 6.25. The van der Waals surface area contributed by atoms with E-state index in [-0.39, 0.29) is 40.5 Å². The molecule has 198 valence electrons. The second-order valence-corrected chi connectivity index (χ2v) is 9.52. The summed E-state index contributed by atoms with van der Waals surface area (Å²) in [5.74, 6) is -4.41. The van der Waals surface area contributed by atoms with Gasteiger partial charge in [-0.1, -0.05) is 0 Å². The summed E-state index contributed by atoms with van der Waals surface area (Å²) in [6.45, 7) is 7.82. The molecule has 1 aliphatic heterocycles. The van der Waals surface area contributed by atoms with Gasteiger partial charge in [0, 0.05) is 18.7 Å². The Balaban J connectivity index is 1.81. The van der Waals surface area contributed by atoms with Crippen LogP contribution in [0.5, 0.6) is 17.2 Å². The van der Waals surface area contributed by atoms with Crippen molar-refractivity contribution in [1.29, 1.82) is 0 Å². The van der Waals surface area contributed by atoms with Crippen molar-refractivity contribution in [3.05, 3.63) is 74.2 Å². The lowest BCUT2D eigenvalue weighted by atomic mass is 9.71. The van der Waals surface area contributed by atoms with Crippen molar-refractivity contribution in [3.8, 4) is 17.2 Å². The minimum Gasteiger partial charge on any atom is -0.507 e. The van der Waals surface area contributed by atoms with Crippen LogP contribution < -0.4 is 14.8 Å². The molecule has 4 rings (SSSR count). The molecule has 0 saturated heterocycles. The van der Waals surface area contributed by atoms with E-state index in [1.165, 1.54) is 20.1 Å². The maximum Gasteiger partial charge on any atom is 0.335 e. The fourth-order valence-electron chi connectivity index (χ4n) is 5.08. The number of carbonyl (C=O) groups is 4. The number of phenolic OH excluding ortho intramolecular Hbond substituents is 1. The lowest BCUT2D eigenvalue weighted by molar-refractivity contribution is -0.123. The number of hydrogen-bond acceptors (Lipinski definition) is 8. The summed E-state index contributed by atoms with van der Waals surface area (Å²) in [5, 5.41) is 33.5. The minimum absolute atomic E-state index is 0.0208. The highest BCUT2D eigenvalue weighted by Crippen LogP contribution is 2.56. The molecular formula is C28H27NO9. The molecule has 1 amide bonds. The van der Waals surface area contributed by atoms with Gasteiger partial charge >= 0.3 is 5.97 Å². The average molecular weight is 522 g/mol. The Labute approximate surface area is 218 Å². The maximum absolute atomic E-state index is 13.5. The zero-order chi connectivity index (χ0) is 28.3. The van der Waals surface area contributed by atoms with E-state index in [0.717, 1.165) is 24.1 Å². The average Bonchev–Trinajstić information content (AvgIpc) is 3.14. The third-order valence-electron chi connectivity index (χ3n) is 7.35. The first kappa shape index (κ1) is 26.5. The third kappa shape index (κ3) is 3.71. The van der Waals surface area contributed by atoms with Crippen molar-refractivity contribution < 1.29 is 44.0 Å². The van der Waals surface area contributed by atoms with Crippen LogP contribution in [0.15, 0.2) is 35.3 Å². The van der Waals surface area contributed by atoms with Crippen molar-refractivity contribution in [2.45, 2.75) is 46.6 Å². The quantitative estimate of drug-likeness (QED) is 0.417. The van der Waals surface area contributed by atoms with Crippen LogP contribution in [0.2, 0.25) is 0 Å². The molecule has 4 N–H and O–H groups in total. The van der Waals surface area contributed by atoms with E-state index in [1.807, 2.05) is 6.92 Å². The highest BCUT2D eigenvalue weighted by Gasteiger charge is 2.55. The van der Waals surface area contributed by atoms with E-state index >= 15 is 0 Å². The number of ketones is 2. The monoisotopic (exact) mass is 521 g/mol. The van der Waals surface area contributed by atoms with Gasteiger partial charge in [0.2, 0.25) is 0 Å². The maximum atomic E-state index is 13.5. The normalized spacial score (nSPS) is 17.8. The number of phenols is 1. The molecule has 0 aromatic heterocycles. The number of aryl methyl sites for hydroxylation is 1. The number of hydrogen-bond donors (Lipinski definition) is 4. The zero-order valence-corrected chi connectivity index (χ0v) is 21.7. The topological polar surface area (TPSA) is 159 Å². The Hall–Kier alpha value is -4.60. The molecule has 0 bridgehead atoms. The largest absolute Gasteiger partial charge is 0.507 e. The Morgan fingerprint density at radius 3 is 2.34 bits per heavy atom. The number of fused-ring (bicyclic) bond motifs is 3. The molecular weight excluding hydrogens is 494 g/mol. The van der Waals surface area contributed by atoms with E-state index in [9.17, 15) is 34.5 Å². The van der Waals surface area contributed by atoms with E-state index in [0.29, 0.717) is 11.1 Å². The first-order chi connectivity index (χ1) is 17.7. The molecule has 38 heavy (non-hydrogen) atoms. The van der Waals surface area contributed by atoms with Crippen LogP contribution in [0.1, 0.15) is 62.4 Å². The fourth-order valence-corrected chi connectivity index (χ4v) is 5.08. The van der Waals surface area contributed by atoms with Crippen molar-refractivity contribution in [2.24, 2.45) is 0 Å². The summed E-state index contributed by atoms with van der Waals surface area (Å²) in [5.41, 5.74) is 0.565. The van der Waals surface area contributed by atoms with Crippen LogP contribution in [0.25, 0.3) is 0 Å². The van der Waals surface area contributed by atoms with Gasteiger partial charge in [-0.3, -0.25) is 14.4 Å². The molecule has 1 aliphatic carbocycles. The Morgan fingerprint density at radius 1 is 1.11 bits per heavy atom. The predicted molar refractivity (Wildman–Crippen MR) is 135 cm³/mol. The van der Waals surface area contributed by atoms with E-state index < -0.39 is 45.9 Å². The Kier molecular flexibility index (Phi) is 6.30. The van der Waals surface area contributed by atoms with Crippen molar-refractivity contribution in [1.82, 2.24) is 5.32 Å². The molecule has 10 nitrogen and oxygen atoms in total. The van der Waals surface area contributed by atoms with Crippen LogP contribution >= 0.6 is 0 Å². The molecule has 10 heteroatoms. The van der Waals surface area contributed by atoms with Gasteiger partial charge in [-0.15, -0.1) is 0 Å². The van der Waals surface area contributed by atoms with Crippen LogP contribution in [0.3, 0.4) is 0 Å². The molecule has 0 radical (unpaired) electrons. The minimum atomic E-state index is -1.67. The number of aliphatic hydroxyl groups is 1. The summed E-state index contributed by atoms with van der Waals surface area (Å²) >= 11 is 0. The van der Waals surface area contributed by atoms with Crippen LogP contribution in [-0.4, -0.2) is 45.9 Å². The van der Waals surface area contributed by atoms with Gasteiger partial charge in [0.25, 0.3) is 5.91 Å². The van der Waals surface area contributed by atoms with Gasteiger partial charge in [0.1, 0.15) is 39.6 Å². The number of carbonyl (C=O) groups excluding carboxylic acids is 3. The summed E-state index contributed by atoms with van der Waals surface area (Å²) < 4.78 is 11.2. The molecule has 1 atom stereocenters. The van der Waals surface area contributed by atoms with Crippen LogP contribution in [-0.2, 0) is 21.5 Å². The number of benzene rings is 2. The number of nitrogens with one attached hydrogen (secondary N) is 1. The fraction of sp³-hybridized carbons (Fsp3) is 0.286. The first-order valence-corrected chi connectivity index (χ1v) is 11.7. The van der Waals surface area contributed by atoms with E-state index in [2.05, 4.69) is 5.32 Å². The number of aromatic carboxylic acids is 1. The highest BCUT2D eigenvalue weighted by atomic mass is 16.5. The van der Waals surface area contributed by atoms with Gasteiger partial charge in [-0.05, 0) is 62.9 Å². The standard InChI is InChI=1S/C28H27NO9/c1-11-7-15(27(35)36)13(3)16(12(11)2)10-29-26(34)22-19(37-6)8-18(32)23-24(22)38-20-9-17(31)21(14(4)30)25(33)28(20,23)5/h7-9,31-32H,10H2,1-6H3,(H,29,34)(H,35,36)/t28-/m1/s1. The van der Waals surface area contributed by atoms with E-state index in [4.69, 9.17) is 9.47 Å². The van der Waals surface area contributed by atoms with Crippen molar-refractivity contribution in [3.63, 3.8) is 0 Å². The van der Waals surface area contributed by atoms with Gasteiger partial charge in [-0.25, -0.2) is 4.79 Å². The summed E-state index contributed by atoms with van der Waals surface area (Å²) in [6.07, 6.45) is 1.12. The molecule has 2 aliphatic rings. The van der Waals surface area contributed by atoms with Gasteiger partial charge in [0.15, 0.2) is 17.3 Å². The Morgan fingerprint density at radius 2 is 1.76 bits per heavy atom. The number of rotatable bonds is 6. The predicted octanol–water partition coefficient (Wildman–Crippen LogP) is 3.47. The molecule has 2 aromatic carbocycles. The summed E-state index contributed by atoms with van der Waals surface area (Å²) in [6, 6.07) is 2.75. The number of carboxylic acids is 1. The molecule has 0 spiro atoms. The number of aliphatic hydroxyl groups excluding tert-OH is 1. The number of Topliss-reactive ketones (excluding diaryl/α,β-unsaturated/α-hetero) is 2. The van der Waals surface area contributed by atoms with Crippen LogP contribution in [0.4, 0.5) is 0 Å². The Bertz CT molecular complexity index is 1530. The third-order valence-corrected chi connectivity index (χ3v) is 7.35. The molecule has 0 saturated carbocycles. The second kappa shape index (κ2) is 9.05. The zero-order valence-electron chi connectivity index (χ0n) is 21.7. The smallest absolute Gasteiger partial charge is 0.335 e. The number of amides is 1. The van der Waals surface area contributed by atoms with E-state index in [1.54, 1.807) is 19.9 Å². The molecule has 0 unspecified atom stereocenters. The number of allylic oxidation sites excluding steroid dienone is 3. The molecule has 1 heterocycles. The molecule has 2 aromatic rings. The summed E-state index contributed by atoms with van der Waals surface area (Å²) in [7, 11) is 1.29. The van der Waals surface area contributed by atoms with Gasteiger partial charge < -0.3 is 30.1 Å². The first-order valence-electron chi connectivity index (χ1n) is 11.7. The van der Waals surface area contributed by atoms with Gasteiger partial charge in [-0.2, -0.15) is 0 Å². The number of carboxylic acid groups (broad SMARTS) is 1. The lowest BCUT2D eigenvalue weighted by Crippen LogP contribution is -2.38. The molecule has 0 fully saturated rings. The number of ether oxygens (including phenoxy) is 2. The van der Waals surface area contributed by atoms with Gasteiger partial charge in [0.05, 0.1) is 18.2 Å². The number of methoxy groups -OCH3 is 1. The van der Waals surface area contributed by atoms with Crippen molar-refractivity contribution >= 4 is 23.4 Å². The SMILES string of the molecule is COc1cc(O)c2c(c1C(=O)NCc1c(C)c(C)cc(C(=O)O)c1C)OC1=CC(O)=C(C(C)=O)C(=O)[C@]12C. The van der Waals surface area contributed by atoms with Crippen molar-refractivity contribution in [2.75, 3.05) is 7.11 Å². The summed E-state index contributed by atoms with van der Waals surface area (Å²) in [4.78, 5) is 50.7.